The Kier molecular flexibility index (Phi) is 3.62. The molecule has 4 nitrogen and oxygen atoms in total. The zero-order valence-corrected chi connectivity index (χ0v) is 15.2. The number of ether oxygens (including phenoxy) is 1. The van der Waals surface area contributed by atoms with Gasteiger partial charge in [0.15, 0.2) is 5.96 Å². The van der Waals surface area contributed by atoms with Gasteiger partial charge in [-0.25, -0.2) is 0 Å². The molecule has 4 aliphatic carbocycles. The lowest BCUT2D eigenvalue weighted by molar-refractivity contribution is -0.0494. The molecule has 134 valence electrons. The Bertz CT molecular complexity index is 488. The van der Waals surface area contributed by atoms with Crippen LogP contribution in [-0.4, -0.2) is 50.8 Å². The maximum absolute atomic E-state index is 5.68. The summed E-state index contributed by atoms with van der Waals surface area (Å²) < 4.78 is 5.68. The number of hydrogen-bond donors (Lipinski definition) is 1. The van der Waals surface area contributed by atoms with Crippen molar-refractivity contribution in [2.45, 2.75) is 51.4 Å². The second-order valence-electron chi connectivity index (χ2n) is 9.79. The molecule has 6 fully saturated rings. The number of aliphatic imine (C=N–C) groups is 1. The third-order valence-corrected chi connectivity index (χ3v) is 7.92. The molecule has 0 aromatic rings. The number of likely N-dealkylation sites (tertiary alicyclic amines) is 1. The first kappa shape index (κ1) is 15.5. The van der Waals surface area contributed by atoms with Crippen LogP contribution in [0.25, 0.3) is 0 Å². The van der Waals surface area contributed by atoms with Gasteiger partial charge in [0.1, 0.15) is 0 Å². The topological polar surface area (TPSA) is 36.9 Å². The number of rotatable bonds is 2. The highest BCUT2D eigenvalue weighted by Crippen LogP contribution is 2.59. The lowest BCUT2D eigenvalue weighted by atomic mass is 9.49. The lowest BCUT2D eigenvalue weighted by Crippen LogP contribution is -2.53. The first-order valence-corrected chi connectivity index (χ1v) is 10.2. The smallest absolute Gasteiger partial charge is 0.193 e. The molecule has 1 spiro atoms. The van der Waals surface area contributed by atoms with Crippen LogP contribution >= 0.6 is 0 Å². The minimum atomic E-state index is 0.415. The average Bonchev–Trinajstić information content (AvgIpc) is 3.17. The largest absolute Gasteiger partial charge is 0.381 e. The van der Waals surface area contributed by atoms with Crippen LogP contribution in [0.1, 0.15) is 51.4 Å². The lowest BCUT2D eigenvalue weighted by Gasteiger charge is -2.57. The quantitative estimate of drug-likeness (QED) is 0.624. The monoisotopic (exact) mass is 331 g/mol. The van der Waals surface area contributed by atoms with Crippen molar-refractivity contribution in [2.24, 2.45) is 33.6 Å². The van der Waals surface area contributed by atoms with Gasteiger partial charge in [0.2, 0.25) is 0 Å². The molecule has 1 atom stereocenters. The number of nitrogens with zero attached hydrogens (tertiary/aromatic N) is 2. The van der Waals surface area contributed by atoms with Crippen LogP contribution in [0.4, 0.5) is 0 Å². The van der Waals surface area contributed by atoms with Crippen LogP contribution in [0.5, 0.6) is 0 Å². The van der Waals surface area contributed by atoms with Crippen molar-refractivity contribution in [1.82, 2.24) is 10.2 Å². The van der Waals surface area contributed by atoms with Gasteiger partial charge in [0, 0.05) is 38.7 Å². The van der Waals surface area contributed by atoms with E-state index in [1.807, 2.05) is 7.05 Å². The second kappa shape index (κ2) is 5.62. The van der Waals surface area contributed by atoms with Gasteiger partial charge in [0.05, 0.1) is 6.61 Å². The molecule has 6 aliphatic rings. The Morgan fingerprint density at radius 2 is 1.83 bits per heavy atom. The standard InChI is InChI=1S/C20H33N3O/c1-21-18(23-4-2-19(13-23)3-5-24-14-19)22-12-20-9-15-6-16(10-20)8-17(7-15)11-20/h15-17H,2-14H2,1H3,(H,21,22). The summed E-state index contributed by atoms with van der Waals surface area (Å²) in [5.74, 6) is 4.25. The summed E-state index contributed by atoms with van der Waals surface area (Å²) in [4.78, 5) is 7.13. The minimum Gasteiger partial charge on any atom is -0.381 e. The highest BCUT2D eigenvalue weighted by Gasteiger charge is 2.51. The molecule has 24 heavy (non-hydrogen) atoms. The first-order chi connectivity index (χ1) is 11.7. The SMILES string of the molecule is CN=C(NCC12CC3CC(CC(C3)C1)C2)N1CCC2(CCOC2)C1. The van der Waals surface area contributed by atoms with E-state index in [1.165, 1.54) is 51.4 Å². The summed E-state index contributed by atoms with van der Waals surface area (Å²) in [6, 6.07) is 0. The van der Waals surface area contributed by atoms with Crippen molar-refractivity contribution in [3.8, 4) is 0 Å². The first-order valence-electron chi connectivity index (χ1n) is 10.2. The number of nitrogens with one attached hydrogen (secondary N) is 1. The van der Waals surface area contributed by atoms with Crippen LogP contribution in [0.15, 0.2) is 4.99 Å². The van der Waals surface area contributed by atoms with Gasteiger partial charge >= 0.3 is 0 Å². The van der Waals surface area contributed by atoms with Gasteiger partial charge in [-0.15, -0.1) is 0 Å². The van der Waals surface area contributed by atoms with E-state index in [4.69, 9.17) is 4.74 Å². The van der Waals surface area contributed by atoms with E-state index in [0.29, 0.717) is 10.8 Å². The molecule has 4 saturated carbocycles. The molecule has 1 unspecified atom stereocenters. The minimum absolute atomic E-state index is 0.415. The third kappa shape index (κ3) is 2.56. The van der Waals surface area contributed by atoms with Gasteiger partial charge < -0.3 is 15.0 Å². The van der Waals surface area contributed by atoms with Gasteiger partial charge in [-0.1, -0.05) is 0 Å². The molecule has 0 aromatic heterocycles. The fourth-order valence-electron chi connectivity index (χ4n) is 7.19. The Morgan fingerprint density at radius 1 is 1.12 bits per heavy atom. The maximum Gasteiger partial charge on any atom is 0.193 e. The van der Waals surface area contributed by atoms with Gasteiger partial charge in [-0.2, -0.15) is 0 Å². The molecule has 0 amide bonds. The Hall–Kier alpha value is -0.770. The van der Waals surface area contributed by atoms with E-state index < -0.39 is 0 Å². The molecule has 4 bridgehead atoms. The average molecular weight is 332 g/mol. The van der Waals surface area contributed by atoms with E-state index >= 15 is 0 Å². The zero-order chi connectivity index (χ0) is 16.2. The molecule has 1 N–H and O–H groups in total. The van der Waals surface area contributed by atoms with E-state index in [2.05, 4.69) is 15.2 Å². The van der Waals surface area contributed by atoms with E-state index in [0.717, 1.165) is 56.6 Å². The van der Waals surface area contributed by atoms with Gasteiger partial charge in [0.25, 0.3) is 0 Å². The van der Waals surface area contributed by atoms with Crippen LogP contribution in [0, 0.1) is 28.6 Å². The molecule has 4 heteroatoms. The molecular weight excluding hydrogens is 298 g/mol. The van der Waals surface area contributed by atoms with Gasteiger partial charge in [-0.05, 0) is 74.5 Å². The fraction of sp³-hybridized carbons (Fsp3) is 0.950. The molecule has 2 saturated heterocycles. The zero-order valence-electron chi connectivity index (χ0n) is 15.2. The summed E-state index contributed by atoms with van der Waals surface area (Å²) in [6.07, 6.45) is 11.5. The van der Waals surface area contributed by atoms with Crippen LogP contribution in [0.2, 0.25) is 0 Å². The molecule has 2 aliphatic heterocycles. The summed E-state index contributed by atoms with van der Waals surface area (Å²) in [5.41, 5.74) is 0.997. The van der Waals surface area contributed by atoms with E-state index in [9.17, 15) is 0 Å². The molecule has 2 heterocycles. The predicted molar refractivity (Wildman–Crippen MR) is 96.0 cm³/mol. The number of guanidine groups is 1. The van der Waals surface area contributed by atoms with Crippen molar-refractivity contribution in [1.29, 1.82) is 0 Å². The van der Waals surface area contributed by atoms with E-state index in [-0.39, 0.29) is 0 Å². The van der Waals surface area contributed by atoms with Crippen LogP contribution in [-0.2, 0) is 4.74 Å². The Balaban J connectivity index is 1.23. The molecule has 0 radical (unpaired) electrons. The summed E-state index contributed by atoms with van der Waals surface area (Å²) in [7, 11) is 1.96. The Labute approximate surface area is 146 Å². The maximum atomic E-state index is 5.68. The van der Waals surface area contributed by atoms with Crippen LogP contribution in [0.3, 0.4) is 0 Å². The Morgan fingerprint density at radius 3 is 2.42 bits per heavy atom. The predicted octanol–water partition coefficient (Wildman–Crippen LogP) is 2.89. The molecule has 6 rings (SSSR count). The highest BCUT2D eigenvalue weighted by molar-refractivity contribution is 5.80. The van der Waals surface area contributed by atoms with Crippen molar-refractivity contribution in [2.75, 3.05) is 39.9 Å². The third-order valence-electron chi connectivity index (χ3n) is 7.92. The fourth-order valence-corrected chi connectivity index (χ4v) is 7.19. The van der Waals surface area contributed by atoms with Gasteiger partial charge in [-0.3, -0.25) is 4.99 Å². The van der Waals surface area contributed by atoms with Crippen molar-refractivity contribution >= 4 is 5.96 Å². The number of hydrogen-bond acceptors (Lipinski definition) is 2. The van der Waals surface area contributed by atoms with Crippen molar-refractivity contribution in [3.63, 3.8) is 0 Å². The summed E-state index contributed by atoms with van der Waals surface area (Å²) >= 11 is 0. The highest BCUT2D eigenvalue weighted by atomic mass is 16.5. The van der Waals surface area contributed by atoms with Crippen molar-refractivity contribution < 1.29 is 4.74 Å². The molecule has 0 aromatic carbocycles. The summed E-state index contributed by atoms with van der Waals surface area (Å²) in [5, 5.41) is 3.81. The van der Waals surface area contributed by atoms with E-state index in [1.54, 1.807) is 0 Å². The normalized spacial score (nSPS) is 47.1. The summed E-state index contributed by atoms with van der Waals surface area (Å²) in [6.45, 7) is 5.34. The van der Waals surface area contributed by atoms with Crippen molar-refractivity contribution in [3.05, 3.63) is 0 Å². The van der Waals surface area contributed by atoms with Crippen LogP contribution < -0.4 is 5.32 Å². The second-order valence-corrected chi connectivity index (χ2v) is 9.79. The molecular formula is C20H33N3O.